The lowest BCUT2D eigenvalue weighted by Gasteiger charge is -2.02. The van der Waals surface area contributed by atoms with Crippen LogP contribution in [-0.2, 0) is 14.9 Å². The topological polar surface area (TPSA) is 55.4 Å². The van der Waals surface area contributed by atoms with Crippen molar-refractivity contribution in [2.45, 2.75) is 12.7 Å². The van der Waals surface area contributed by atoms with E-state index in [4.69, 9.17) is 0 Å². The van der Waals surface area contributed by atoms with Crippen LogP contribution in [0, 0.1) is 0 Å². The minimum absolute atomic E-state index is 0.00590. The van der Waals surface area contributed by atoms with Gasteiger partial charge in [0.1, 0.15) is 0 Å². The highest BCUT2D eigenvalue weighted by molar-refractivity contribution is 7.89. The highest BCUT2D eigenvalue weighted by Crippen LogP contribution is 2.00. The van der Waals surface area contributed by atoms with E-state index >= 15 is 0 Å². The minimum atomic E-state index is -4.57. The molecule has 62 valence electrons. The van der Waals surface area contributed by atoms with Crippen molar-refractivity contribution in [3.8, 4) is 0 Å². The fourth-order valence-electron chi connectivity index (χ4n) is 0.177. The van der Waals surface area contributed by atoms with Gasteiger partial charge in [0.15, 0.2) is 0 Å². The van der Waals surface area contributed by atoms with Gasteiger partial charge in [0.05, 0.1) is 6.61 Å². The Bertz CT molecular complexity index is 178. The van der Waals surface area contributed by atoms with E-state index in [2.05, 4.69) is 4.84 Å². The van der Waals surface area contributed by atoms with E-state index in [0.717, 1.165) is 0 Å². The van der Waals surface area contributed by atoms with Crippen LogP contribution in [0.15, 0.2) is 0 Å². The first-order valence-corrected chi connectivity index (χ1v) is 3.96. The van der Waals surface area contributed by atoms with Gasteiger partial charge in [-0.2, -0.15) is 8.78 Å². The van der Waals surface area contributed by atoms with Gasteiger partial charge in [-0.15, -0.1) is 0 Å². The van der Waals surface area contributed by atoms with E-state index in [1.807, 2.05) is 0 Å². The fraction of sp³-hybridized carbons (Fsp3) is 1.00. The fourth-order valence-corrected chi connectivity index (χ4v) is 0.532. The summed E-state index contributed by atoms with van der Waals surface area (Å²) in [5, 5.41) is 0. The maximum Gasteiger partial charge on any atom is 0.352 e. The van der Waals surface area contributed by atoms with Crippen LogP contribution >= 0.6 is 0 Å². The molecule has 0 spiro atoms. The summed E-state index contributed by atoms with van der Waals surface area (Å²) in [5.74, 6) is -3.45. The van der Waals surface area contributed by atoms with Crippen LogP contribution in [0.25, 0.3) is 0 Å². The van der Waals surface area contributed by atoms with Crippen molar-refractivity contribution in [1.29, 1.82) is 0 Å². The maximum absolute atomic E-state index is 11.4. The highest BCUT2D eigenvalue weighted by Gasteiger charge is 2.23. The molecule has 0 amide bonds. The van der Waals surface area contributed by atoms with Gasteiger partial charge >= 0.3 is 5.76 Å². The monoisotopic (exact) mass is 175 g/mol. The summed E-state index contributed by atoms with van der Waals surface area (Å²) in [5.41, 5.74) is 0. The maximum atomic E-state index is 11.4. The third kappa shape index (κ3) is 3.04. The summed E-state index contributed by atoms with van der Waals surface area (Å²) >= 11 is 0. The van der Waals surface area contributed by atoms with E-state index in [9.17, 15) is 17.2 Å². The van der Waals surface area contributed by atoms with Crippen LogP contribution in [0.3, 0.4) is 0 Å². The lowest BCUT2D eigenvalue weighted by atomic mass is 10.9. The molecule has 0 aromatic heterocycles. The quantitative estimate of drug-likeness (QED) is 0.615. The van der Waals surface area contributed by atoms with Crippen molar-refractivity contribution >= 4 is 10.0 Å². The summed E-state index contributed by atoms with van der Waals surface area (Å²) in [6, 6.07) is 0. The van der Waals surface area contributed by atoms with Crippen molar-refractivity contribution in [2.24, 2.45) is 0 Å². The Hall–Kier alpha value is -0.270. The van der Waals surface area contributed by atoms with Gasteiger partial charge in [-0.3, -0.25) is 4.84 Å². The molecule has 1 N–H and O–H groups in total. The van der Waals surface area contributed by atoms with Crippen LogP contribution in [0.2, 0.25) is 0 Å². The molecular weight excluding hydrogens is 168 g/mol. The molecule has 0 atom stereocenters. The van der Waals surface area contributed by atoms with Crippen molar-refractivity contribution < 1.29 is 22.0 Å². The second-order valence-corrected chi connectivity index (χ2v) is 2.94. The van der Waals surface area contributed by atoms with E-state index < -0.39 is 15.8 Å². The predicted octanol–water partition coefficient (Wildman–Crippen LogP) is 0.0799. The van der Waals surface area contributed by atoms with Crippen LogP contribution in [0.5, 0.6) is 0 Å². The van der Waals surface area contributed by atoms with Crippen LogP contribution in [0.4, 0.5) is 8.78 Å². The molecule has 10 heavy (non-hydrogen) atoms. The molecule has 0 aliphatic rings. The molecule has 0 unspecified atom stereocenters. The van der Waals surface area contributed by atoms with Crippen LogP contribution in [0.1, 0.15) is 6.92 Å². The molecule has 7 heteroatoms. The third-order valence-electron chi connectivity index (χ3n) is 0.554. The molecule has 0 aliphatic heterocycles. The highest BCUT2D eigenvalue weighted by atomic mass is 32.2. The Balaban J connectivity index is 3.90. The van der Waals surface area contributed by atoms with Crippen LogP contribution in [-0.4, -0.2) is 20.8 Å². The van der Waals surface area contributed by atoms with Gasteiger partial charge in [0, 0.05) is 0 Å². The Morgan fingerprint density at radius 3 is 2.40 bits per heavy atom. The number of hydrogen-bond donors (Lipinski definition) is 1. The van der Waals surface area contributed by atoms with Gasteiger partial charge in [-0.25, -0.2) is 8.42 Å². The van der Waals surface area contributed by atoms with Gasteiger partial charge in [-0.05, 0) is 6.92 Å². The second kappa shape index (κ2) is 3.79. The zero-order valence-corrected chi connectivity index (χ0v) is 5.99. The molecule has 0 saturated heterocycles. The van der Waals surface area contributed by atoms with Gasteiger partial charge in [-0.1, -0.05) is 4.89 Å². The van der Waals surface area contributed by atoms with Crippen molar-refractivity contribution in [3.63, 3.8) is 0 Å². The molecular formula is C3H7F2NO3S. The summed E-state index contributed by atoms with van der Waals surface area (Å²) in [6.07, 6.45) is 0. The van der Waals surface area contributed by atoms with Crippen molar-refractivity contribution in [3.05, 3.63) is 0 Å². The Kier molecular flexibility index (Phi) is 3.69. The van der Waals surface area contributed by atoms with Gasteiger partial charge < -0.3 is 0 Å². The minimum Gasteiger partial charge on any atom is -0.287 e. The normalized spacial score (nSPS) is 12.4. The lowest BCUT2D eigenvalue weighted by Crippen LogP contribution is -2.29. The largest absolute Gasteiger partial charge is 0.352 e. The zero-order valence-electron chi connectivity index (χ0n) is 5.17. The number of nitrogens with one attached hydrogen (secondary N) is 1. The summed E-state index contributed by atoms with van der Waals surface area (Å²) in [6.45, 7) is 1.47. The smallest absolute Gasteiger partial charge is 0.287 e. The molecule has 4 nitrogen and oxygen atoms in total. The molecule has 0 heterocycles. The first-order valence-electron chi connectivity index (χ1n) is 2.41. The SMILES string of the molecule is CCONS(=O)(=O)C(F)F. The predicted molar refractivity (Wildman–Crippen MR) is 29.7 cm³/mol. The molecule has 0 rings (SSSR count). The number of sulfonamides is 1. The van der Waals surface area contributed by atoms with Crippen molar-refractivity contribution in [1.82, 2.24) is 4.89 Å². The first kappa shape index (κ1) is 9.73. The average Bonchev–Trinajstić information content (AvgIpc) is 1.84. The molecule has 0 fully saturated rings. The number of hydrogen-bond acceptors (Lipinski definition) is 3. The number of rotatable bonds is 4. The van der Waals surface area contributed by atoms with E-state index in [-0.39, 0.29) is 6.61 Å². The summed E-state index contributed by atoms with van der Waals surface area (Å²) < 4.78 is 43.0. The number of halogens is 2. The standard InChI is InChI=1S/C3H7F2NO3S/c1-2-9-6-10(7,8)3(4)5/h3,6H,2H2,1H3. The Morgan fingerprint density at radius 1 is 1.60 bits per heavy atom. The van der Waals surface area contributed by atoms with E-state index in [1.54, 1.807) is 0 Å². The molecule has 0 aliphatic carbocycles. The zero-order chi connectivity index (χ0) is 8.20. The Morgan fingerprint density at radius 2 is 2.10 bits per heavy atom. The van der Waals surface area contributed by atoms with Crippen molar-refractivity contribution in [2.75, 3.05) is 6.61 Å². The number of alkyl halides is 2. The molecule has 0 bridgehead atoms. The molecule has 0 radical (unpaired) electrons. The van der Waals surface area contributed by atoms with E-state index in [1.165, 1.54) is 11.8 Å². The van der Waals surface area contributed by atoms with Gasteiger partial charge in [0.25, 0.3) is 10.0 Å². The third-order valence-corrected chi connectivity index (χ3v) is 1.37. The second-order valence-electron chi connectivity index (χ2n) is 1.32. The lowest BCUT2D eigenvalue weighted by molar-refractivity contribution is 0.0968. The van der Waals surface area contributed by atoms with Crippen LogP contribution < -0.4 is 4.89 Å². The van der Waals surface area contributed by atoms with Gasteiger partial charge in [0.2, 0.25) is 0 Å². The summed E-state index contributed by atoms with van der Waals surface area (Å²) in [7, 11) is -4.57. The molecule has 0 saturated carbocycles. The Labute approximate surface area is 57.2 Å². The summed E-state index contributed by atoms with van der Waals surface area (Å²) in [4.78, 5) is 5.27. The first-order chi connectivity index (χ1) is 4.50. The average molecular weight is 175 g/mol. The molecule has 0 aromatic rings. The molecule has 0 aromatic carbocycles. The van der Waals surface area contributed by atoms with E-state index in [0.29, 0.717) is 0 Å².